The van der Waals surface area contributed by atoms with Gasteiger partial charge in [-0.25, -0.2) is 10.6 Å². The van der Waals surface area contributed by atoms with Crippen molar-refractivity contribution in [3.05, 3.63) is 53.6 Å². The van der Waals surface area contributed by atoms with E-state index in [1.165, 1.54) is 30.5 Å². The van der Waals surface area contributed by atoms with Crippen molar-refractivity contribution in [3.63, 3.8) is 0 Å². The van der Waals surface area contributed by atoms with Crippen molar-refractivity contribution < 1.29 is 25.7 Å². The van der Waals surface area contributed by atoms with E-state index < -0.39 is 5.91 Å². The van der Waals surface area contributed by atoms with Crippen LogP contribution in [0.1, 0.15) is 15.9 Å². The Morgan fingerprint density at radius 3 is 2.67 bits per heavy atom. The zero-order valence-corrected chi connectivity index (χ0v) is 10.9. The zero-order chi connectivity index (χ0) is 15.2. The summed E-state index contributed by atoms with van der Waals surface area (Å²) in [6.07, 6.45) is 1.33. The van der Waals surface area contributed by atoms with Crippen LogP contribution in [0.15, 0.2) is 47.6 Å². The van der Waals surface area contributed by atoms with E-state index in [1.807, 2.05) is 0 Å². The number of phenolic OH excluding ortho intramolecular Hbond substituents is 2. The maximum atomic E-state index is 11.8. The molecule has 0 fully saturated rings. The maximum absolute atomic E-state index is 11.8. The Bertz CT molecular complexity index is 686. The minimum atomic E-state index is -0.432. The third-order valence-electron chi connectivity index (χ3n) is 2.68. The Balaban J connectivity index is 2.02. The van der Waals surface area contributed by atoms with Crippen LogP contribution in [-0.4, -0.2) is 27.5 Å². The number of hydrazone groups is 1. The van der Waals surface area contributed by atoms with Gasteiger partial charge in [0, 0.05) is 17.7 Å². The molecule has 2 aromatic rings. The van der Waals surface area contributed by atoms with E-state index >= 15 is 0 Å². The lowest BCUT2D eigenvalue weighted by Gasteiger charge is -2.01. The van der Waals surface area contributed by atoms with Crippen LogP contribution in [-0.2, 0) is 0 Å². The Labute approximate surface area is 120 Å². The van der Waals surface area contributed by atoms with Crippen LogP contribution in [0, 0.1) is 0 Å². The monoisotopic (exact) mass is 288 g/mol. The van der Waals surface area contributed by atoms with E-state index in [-0.39, 0.29) is 11.5 Å². The summed E-state index contributed by atoms with van der Waals surface area (Å²) >= 11 is 0. The third kappa shape index (κ3) is 3.78. The summed E-state index contributed by atoms with van der Waals surface area (Å²) in [7, 11) is 0. The predicted molar refractivity (Wildman–Crippen MR) is 74.6 cm³/mol. The van der Waals surface area contributed by atoms with Crippen molar-refractivity contribution in [2.45, 2.75) is 0 Å². The molecule has 21 heavy (non-hydrogen) atoms. The van der Waals surface area contributed by atoms with Gasteiger partial charge in [0.25, 0.3) is 5.91 Å². The van der Waals surface area contributed by atoms with Gasteiger partial charge >= 0.3 is 0 Å². The van der Waals surface area contributed by atoms with Gasteiger partial charge in [-0.2, -0.15) is 10.6 Å². The largest absolute Gasteiger partial charge is 0.504 e. The molecule has 0 atom stereocenters. The van der Waals surface area contributed by atoms with Crippen molar-refractivity contribution in [1.29, 1.82) is 0 Å². The van der Waals surface area contributed by atoms with Gasteiger partial charge in [-0.05, 0) is 29.8 Å². The van der Waals surface area contributed by atoms with Crippen LogP contribution in [0.3, 0.4) is 0 Å². The highest BCUT2D eigenvalue weighted by atomic mass is 16.5. The molecular formula is C14H14N3O4+. The molecule has 0 radical (unpaired) electrons. The molecule has 0 heterocycles. The third-order valence-corrected chi connectivity index (χ3v) is 2.68. The van der Waals surface area contributed by atoms with E-state index in [1.54, 1.807) is 18.2 Å². The molecule has 6 N–H and O–H groups in total. The van der Waals surface area contributed by atoms with Gasteiger partial charge in [0.15, 0.2) is 17.2 Å². The molecule has 108 valence electrons. The van der Waals surface area contributed by atoms with E-state index in [0.29, 0.717) is 16.8 Å². The normalized spacial score (nSPS) is 10.7. The summed E-state index contributed by atoms with van der Waals surface area (Å²) in [6, 6.07) is 10.6. The topological polar surface area (TPSA) is 119 Å². The number of nitrogens with two attached hydrogens (primary N) is 1. The highest BCUT2D eigenvalue weighted by Crippen LogP contribution is 2.23. The molecule has 0 unspecified atom stereocenters. The number of nitrogens with zero attached hydrogens (tertiary/aromatic N) is 1. The molecule has 0 aliphatic rings. The number of quaternary nitrogens is 1. The molecule has 0 spiro atoms. The second-order valence-electron chi connectivity index (χ2n) is 4.20. The number of aromatic hydroxyl groups is 2. The van der Waals surface area contributed by atoms with Crippen LogP contribution in [0.4, 0.5) is 5.69 Å². The van der Waals surface area contributed by atoms with Crippen LogP contribution in [0.2, 0.25) is 0 Å². The van der Waals surface area contributed by atoms with Crippen LogP contribution >= 0.6 is 0 Å². The number of benzene rings is 2. The number of rotatable bonds is 4. The number of amides is 1. The smallest absolute Gasteiger partial charge is 0.271 e. The van der Waals surface area contributed by atoms with Gasteiger partial charge in [0.2, 0.25) is 0 Å². The number of carbonyl (C=O) groups excluding carboxylic acids is 1. The van der Waals surface area contributed by atoms with Gasteiger partial charge in [-0.1, -0.05) is 6.07 Å². The number of hydrogen-bond acceptors (Lipinski definition) is 5. The fraction of sp³-hybridized carbons (Fsp3) is 0. The van der Waals surface area contributed by atoms with Gasteiger partial charge in [-0.15, -0.1) is 0 Å². The second-order valence-corrected chi connectivity index (χ2v) is 4.20. The van der Waals surface area contributed by atoms with E-state index in [4.69, 9.17) is 10.3 Å². The van der Waals surface area contributed by atoms with Crippen molar-refractivity contribution in [3.8, 4) is 11.5 Å². The number of phenols is 2. The molecule has 2 rings (SSSR count). The summed E-state index contributed by atoms with van der Waals surface area (Å²) in [6.45, 7) is 0. The first-order valence-electron chi connectivity index (χ1n) is 6.03. The Morgan fingerprint density at radius 2 is 1.95 bits per heavy atom. The molecule has 0 aromatic heterocycles. The van der Waals surface area contributed by atoms with Gasteiger partial charge in [-0.3, -0.25) is 4.79 Å². The summed E-state index contributed by atoms with van der Waals surface area (Å²) in [5.41, 5.74) is 4.60. The molecule has 0 saturated carbocycles. The first-order chi connectivity index (χ1) is 10.1. The second kappa shape index (κ2) is 6.51. The van der Waals surface area contributed by atoms with Crippen LogP contribution < -0.4 is 10.9 Å². The van der Waals surface area contributed by atoms with Gasteiger partial charge in [0.05, 0.1) is 6.21 Å². The molecule has 0 saturated heterocycles. The zero-order valence-electron chi connectivity index (χ0n) is 10.9. The van der Waals surface area contributed by atoms with Crippen molar-refractivity contribution >= 4 is 17.8 Å². The fourth-order valence-electron chi connectivity index (χ4n) is 1.61. The Kier molecular flexibility index (Phi) is 4.50. The summed E-state index contributed by atoms with van der Waals surface area (Å²) in [4.78, 5) is 11.8. The number of carbonyl (C=O) groups is 1. The molecule has 0 bridgehead atoms. The maximum Gasteiger partial charge on any atom is 0.271 e. The lowest BCUT2D eigenvalue weighted by atomic mass is 10.2. The van der Waals surface area contributed by atoms with Gasteiger partial charge in [0.1, 0.15) is 0 Å². The quantitative estimate of drug-likeness (QED) is 0.243. The van der Waals surface area contributed by atoms with E-state index in [9.17, 15) is 9.90 Å². The molecule has 0 aliphatic heterocycles. The highest BCUT2D eigenvalue weighted by Gasteiger charge is 2.06. The SMILES string of the molecule is O=C(N/N=C/c1ccc(O)c(O)c1)c1cccc([NH2+]O)c1. The molecule has 7 heteroatoms. The minimum absolute atomic E-state index is 0.228. The highest BCUT2D eigenvalue weighted by molar-refractivity contribution is 5.95. The lowest BCUT2D eigenvalue weighted by molar-refractivity contribution is -0.825. The first-order valence-corrected chi connectivity index (χ1v) is 6.03. The Morgan fingerprint density at radius 1 is 1.14 bits per heavy atom. The predicted octanol–water partition coefficient (Wildman–Crippen LogP) is 0.446. The number of hydrogen-bond donors (Lipinski definition) is 5. The molecule has 0 aliphatic carbocycles. The summed E-state index contributed by atoms with van der Waals surface area (Å²) in [5, 5.41) is 31.1. The number of nitrogens with one attached hydrogen (secondary N) is 1. The molecule has 2 aromatic carbocycles. The van der Waals surface area contributed by atoms with Crippen molar-refractivity contribution in [1.82, 2.24) is 5.43 Å². The molecular weight excluding hydrogens is 274 g/mol. The van der Waals surface area contributed by atoms with Crippen molar-refractivity contribution in [2.75, 3.05) is 0 Å². The average molecular weight is 288 g/mol. The molecule has 1 amide bonds. The summed E-state index contributed by atoms with van der Waals surface area (Å²) < 4.78 is 0. The lowest BCUT2D eigenvalue weighted by Crippen LogP contribution is -2.73. The average Bonchev–Trinajstić information content (AvgIpc) is 2.50. The van der Waals surface area contributed by atoms with Crippen LogP contribution in [0.25, 0.3) is 0 Å². The summed E-state index contributed by atoms with van der Waals surface area (Å²) in [5.74, 6) is -0.928. The van der Waals surface area contributed by atoms with E-state index in [0.717, 1.165) is 5.48 Å². The van der Waals surface area contributed by atoms with Crippen LogP contribution in [0.5, 0.6) is 11.5 Å². The van der Waals surface area contributed by atoms with E-state index in [2.05, 4.69) is 10.5 Å². The first kappa shape index (κ1) is 14.5. The van der Waals surface area contributed by atoms with Gasteiger partial charge < -0.3 is 10.2 Å². The standard InChI is InChI=1S/C14H13N3O4/c18-12-5-4-9(6-13(12)19)8-15-16-14(20)10-2-1-3-11(7-10)17-21/h1-8,17-19,21H,(H,16,20)/p+1/b15-8+. The Hall–Kier alpha value is -2.90. The molecule has 7 nitrogen and oxygen atoms in total. The van der Waals surface area contributed by atoms with Crippen molar-refractivity contribution in [2.24, 2.45) is 5.10 Å². The minimum Gasteiger partial charge on any atom is -0.504 e. The fourth-order valence-corrected chi connectivity index (χ4v) is 1.61.